The van der Waals surface area contributed by atoms with Gasteiger partial charge >= 0.3 is 11.8 Å². The van der Waals surface area contributed by atoms with Gasteiger partial charge in [0.15, 0.2) is 0 Å². The molecule has 1 aliphatic rings. The molecule has 10 nitrogen and oxygen atoms in total. The molecule has 2 amide bonds. The number of benzene rings is 2. The third-order valence-electron chi connectivity index (χ3n) is 6.41. The summed E-state index contributed by atoms with van der Waals surface area (Å²) in [6.45, 7) is 4.79. The van der Waals surface area contributed by atoms with E-state index in [1.165, 1.54) is 15.9 Å². The summed E-state index contributed by atoms with van der Waals surface area (Å²) in [5, 5.41) is 3.22. The minimum atomic E-state index is -0.610. The van der Waals surface area contributed by atoms with E-state index in [2.05, 4.69) is 5.32 Å². The molecular weight excluding hydrogens is 520 g/mol. The molecule has 39 heavy (non-hydrogen) atoms. The molecule has 5 rings (SSSR count). The van der Waals surface area contributed by atoms with Gasteiger partial charge in [0, 0.05) is 17.1 Å². The number of carbonyl (C=O) groups excluding carboxylic acids is 2. The van der Waals surface area contributed by atoms with Crippen LogP contribution in [-0.4, -0.2) is 45.8 Å². The molecule has 2 aromatic heterocycles. The van der Waals surface area contributed by atoms with Gasteiger partial charge in [-0.2, -0.15) is 0 Å². The Kier molecular flexibility index (Phi) is 7.51. The predicted octanol–water partition coefficient (Wildman–Crippen LogP) is 3.77. The van der Waals surface area contributed by atoms with E-state index >= 15 is 0 Å². The van der Waals surface area contributed by atoms with Gasteiger partial charge in [0.25, 0.3) is 5.56 Å². The first-order valence-electron chi connectivity index (χ1n) is 12.7. The molecule has 0 bridgehead atoms. The van der Waals surface area contributed by atoms with E-state index < -0.39 is 23.2 Å². The molecule has 0 atom stereocenters. The summed E-state index contributed by atoms with van der Waals surface area (Å²) in [5.74, 6) is 0.268. The number of ether oxygens (including phenoxy) is 2. The van der Waals surface area contributed by atoms with Crippen molar-refractivity contribution in [2.45, 2.75) is 33.4 Å². The van der Waals surface area contributed by atoms with Crippen LogP contribution in [0.15, 0.2) is 64.2 Å². The molecule has 0 unspecified atom stereocenters. The SMILES string of the molecule is CCOC(=O)N1CCc2c(sc3c2c(=O)n(-c2ccccc2)c(=O)n3CC(=O)Nc2ccc(OCC)cc2)C1. The van der Waals surface area contributed by atoms with Crippen molar-refractivity contribution in [1.82, 2.24) is 14.0 Å². The van der Waals surface area contributed by atoms with Gasteiger partial charge in [0.1, 0.15) is 17.1 Å². The zero-order chi connectivity index (χ0) is 27.5. The highest BCUT2D eigenvalue weighted by Crippen LogP contribution is 2.33. The molecule has 0 saturated carbocycles. The lowest BCUT2D eigenvalue weighted by Crippen LogP contribution is -2.41. The number of anilines is 1. The minimum absolute atomic E-state index is 0.263. The molecule has 11 heteroatoms. The number of carbonyl (C=O) groups is 2. The highest BCUT2D eigenvalue weighted by Gasteiger charge is 2.29. The van der Waals surface area contributed by atoms with Gasteiger partial charge in [-0.3, -0.25) is 14.2 Å². The second-order valence-corrected chi connectivity index (χ2v) is 9.99. The summed E-state index contributed by atoms with van der Waals surface area (Å²) in [6, 6.07) is 15.6. The molecule has 0 aliphatic carbocycles. The third-order valence-corrected chi connectivity index (χ3v) is 7.65. The predicted molar refractivity (Wildman–Crippen MR) is 149 cm³/mol. The van der Waals surface area contributed by atoms with Crippen LogP contribution in [0.5, 0.6) is 5.75 Å². The van der Waals surface area contributed by atoms with E-state index in [4.69, 9.17) is 9.47 Å². The Morgan fingerprint density at radius 1 is 1.00 bits per heavy atom. The summed E-state index contributed by atoms with van der Waals surface area (Å²) in [4.78, 5) is 55.8. The Hall–Kier alpha value is -4.38. The summed E-state index contributed by atoms with van der Waals surface area (Å²) in [7, 11) is 0. The van der Waals surface area contributed by atoms with Gasteiger partial charge in [-0.15, -0.1) is 11.3 Å². The Morgan fingerprint density at radius 2 is 1.74 bits per heavy atom. The van der Waals surface area contributed by atoms with Gasteiger partial charge in [0.2, 0.25) is 5.91 Å². The monoisotopic (exact) mass is 548 g/mol. The lowest BCUT2D eigenvalue weighted by molar-refractivity contribution is -0.116. The zero-order valence-corrected chi connectivity index (χ0v) is 22.5. The zero-order valence-electron chi connectivity index (χ0n) is 21.6. The smallest absolute Gasteiger partial charge is 0.410 e. The van der Waals surface area contributed by atoms with E-state index in [0.29, 0.717) is 46.9 Å². The Morgan fingerprint density at radius 3 is 2.44 bits per heavy atom. The Balaban J connectivity index is 1.57. The van der Waals surface area contributed by atoms with E-state index in [0.717, 1.165) is 15.0 Å². The van der Waals surface area contributed by atoms with Crippen LogP contribution in [0.3, 0.4) is 0 Å². The molecule has 202 valence electrons. The first-order chi connectivity index (χ1) is 18.9. The van der Waals surface area contributed by atoms with Crippen molar-refractivity contribution in [3.8, 4) is 11.4 Å². The highest BCUT2D eigenvalue weighted by atomic mass is 32.1. The van der Waals surface area contributed by atoms with Gasteiger partial charge < -0.3 is 19.7 Å². The van der Waals surface area contributed by atoms with Crippen LogP contribution < -0.4 is 21.3 Å². The lowest BCUT2D eigenvalue weighted by Gasteiger charge is -2.25. The minimum Gasteiger partial charge on any atom is -0.494 e. The number of thiophene rings is 1. The average molecular weight is 549 g/mol. The van der Waals surface area contributed by atoms with Crippen molar-refractivity contribution in [3.63, 3.8) is 0 Å². The highest BCUT2D eigenvalue weighted by molar-refractivity contribution is 7.18. The van der Waals surface area contributed by atoms with Gasteiger partial charge in [-0.05, 0) is 62.2 Å². The van der Waals surface area contributed by atoms with Crippen molar-refractivity contribution in [1.29, 1.82) is 0 Å². The molecular formula is C28H28N4O6S. The number of amides is 2. The lowest BCUT2D eigenvalue weighted by atomic mass is 10.1. The number of hydrogen-bond donors (Lipinski definition) is 1. The molecule has 0 radical (unpaired) electrons. The average Bonchev–Trinajstić information content (AvgIpc) is 3.32. The molecule has 1 N–H and O–H groups in total. The molecule has 4 aromatic rings. The fourth-order valence-corrected chi connectivity index (χ4v) is 6.01. The number of nitrogens with one attached hydrogen (secondary N) is 1. The Bertz CT molecular complexity index is 1640. The molecule has 0 spiro atoms. The van der Waals surface area contributed by atoms with E-state index in [1.54, 1.807) is 66.4 Å². The fourth-order valence-electron chi connectivity index (χ4n) is 4.67. The number of nitrogens with zero attached hydrogens (tertiary/aromatic N) is 3. The molecule has 1 aliphatic heterocycles. The van der Waals surface area contributed by atoms with Crippen LogP contribution in [0.2, 0.25) is 0 Å². The third kappa shape index (κ3) is 5.17. The quantitative estimate of drug-likeness (QED) is 0.376. The summed E-state index contributed by atoms with van der Waals surface area (Å²) >= 11 is 1.26. The number of aromatic nitrogens is 2. The topological polar surface area (TPSA) is 112 Å². The van der Waals surface area contributed by atoms with Gasteiger partial charge in [-0.25, -0.2) is 14.2 Å². The van der Waals surface area contributed by atoms with Crippen LogP contribution in [0.25, 0.3) is 15.9 Å². The van der Waals surface area contributed by atoms with Gasteiger partial charge in [-0.1, -0.05) is 18.2 Å². The van der Waals surface area contributed by atoms with E-state index in [1.807, 2.05) is 6.92 Å². The van der Waals surface area contributed by atoms with Crippen molar-refractivity contribution in [3.05, 3.63) is 85.9 Å². The van der Waals surface area contributed by atoms with Crippen LogP contribution in [-0.2, 0) is 29.0 Å². The van der Waals surface area contributed by atoms with Crippen LogP contribution in [0.1, 0.15) is 24.3 Å². The van der Waals surface area contributed by atoms with Crippen molar-refractivity contribution in [2.24, 2.45) is 0 Å². The Labute approximate surface area is 228 Å². The number of hydrogen-bond acceptors (Lipinski definition) is 7. The number of rotatable bonds is 7. The van der Waals surface area contributed by atoms with Crippen molar-refractivity contribution in [2.75, 3.05) is 25.1 Å². The normalized spacial score (nSPS) is 12.7. The molecule has 0 fully saturated rings. The second-order valence-electron chi connectivity index (χ2n) is 8.90. The summed E-state index contributed by atoms with van der Waals surface area (Å²) < 4.78 is 13.0. The standard InChI is InChI=1S/C28H28N4O6S/c1-3-37-20-12-10-18(11-13-20)29-23(33)17-31-26-24(25(34)32(27(31)35)19-8-6-5-7-9-19)21-14-15-30(16-22(21)39-26)28(36)38-4-2/h5-13H,3-4,14-17H2,1-2H3,(H,29,33). The number of fused-ring (bicyclic) bond motifs is 3. The number of para-hydroxylation sites is 1. The first-order valence-corrected chi connectivity index (χ1v) is 13.5. The van der Waals surface area contributed by atoms with E-state index in [-0.39, 0.29) is 19.7 Å². The molecule has 3 heterocycles. The molecule has 2 aromatic carbocycles. The van der Waals surface area contributed by atoms with Crippen molar-refractivity contribution >= 4 is 39.2 Å². The largest absolute Gasteiger partial charge is 0.494 e. The maximum absolute atomic E-state index is 13.8. The van der Waals surface area contributed by atoms with Crippen LogP contribution >= 0.6 is 11.3 Å². The van der Waals surface area contributed by atoms with Crippen LogP contribution in [0.4, 0.5) is 10.5 Å². The summed E-state index contributed by atoms with van der Waals surface area (Å²) in [6.07, 6.45) is 0.0174. The van der Waals surface area contributed by atoms with E-state index in [9.17, 15) is 19.2 Å². The van der Waals surface area contributed by atoms with Crippen molar-refractivity contribution < 1.29 is 19.1 Å². The van der Waals surface area contributed by atoms with Gasteiger partial charge in [0.05, 0.1) is 30.8 Å². The summed E-state index contributed by atoms with van der Waals surface area (Å²) in [5.41, 5.74) is 0.720. The molecule has 0 saturated heterocycles. The fraction of sp³-hybridized carbons (Fsp3) is 0.286. The second kappa shape index (κ2) is 11.2. The maximum Gasteiger partial charge on any atom is 0.410 e. The van der Waals surface area contributed by atoms with Crippen LogP contribution in [0, 0.1) is 0 Å². The first kappa shape index (κ1) is 26.2. The maximum atomic E-state index is 13.8.